The largest absolute Gasteiger partial charge is 0.320 e. The molecular formula is C15H22N2. The summed E-state index contributed by atoms with van der Waals surface area (Å²) in [4.78, 5) is 2.43. The monoisotopic (exact) mass is 230 g/mol. The predicted octanol–water partition coefficient (Wildman–Crippen LogP) is 2.23. The zero-order valence-electron chi connectivity index (χ0n) is 10.9. The molecule has 0 saturated heterocycles. The van der Waals surface area contributed by atoms with Crippen molar-refractivity contribution in [3.63, 3.8) is 0 Å². The van der Waals surface area contributed by atoms with Gasteiger partial charge in [-0.3, -0.25) is 4.90 Å². The van der Waals surface area contributed by atoms with Crippen molar-refractivity contribution >= 4 is 0 Å². The summed E-state index contributed by atoms with van der Waals surface area (Å²) < 4.78 is 0. The lowest BCUT2D eigenvalue weighted by Crippen LogP contribution is -2.24. The van der Waals surface area contributed by atoms with Gasteiger partial charge in [0.1, 0.15) is 0 Å². The van der Waals surface area contributed by atoms with E-state index < -0.39 is 0 Å². The molecule has 0 aliphatic carbocycles. The Balaban J connectivity index is 2.81. The van der Waals surface area contributed by atoms with Gasteiger partial charge >= 0.3 is 0 Å². The number of rotatable bonds is 5. The minimum absolute atomic E-state index is 0.417. The van der Waals surface area contributed by atoms with Gasteiger partial charge in [0.15, 0.2) is 0 Å². The minimum atomic E-state index is 0.417. The van der Waals surface area contributed by atoms with E-state index in [9.17, 15) is 0 Å². The molecule has 17 heavy (non-hydrogen) atoms. The molecule has 0 spiro atoms. The Bertz CT molecular complexity index is 387. The highest BCUT2D eigenvalue weighted by molar-refractivity contribution is 5.41. The van der Waals surface area contributed by atoms with Gasteiger partial charge in [-0.2, -0.15) is 0 Å². The van der Waals surface area contributed by atoms with Gasteiger partial charge in [-0.05, 0) is 31.1 Å². The third kappa shape index (κ3) is 4.60. The van der Waals surface area contributed by atoms with Gasteiger partial charge in [-0.25, -0.2) is 0 Å². The highest BCUT2D eigenvalue weighted by atomic mass is 15.1. The number of nitrogens with zero attached hydrogens (tertiary/aromatic N) is 1. The zero-order chi connectivity index (χ0) is 12.5. The molecule has 92 valence electrons. The second-order valence-corrected chi connectivity index (χ2v) is 4.03. The van der Waals surface area contributed by atoms with Crippen LogP contribution in [0.5, 0.6) is 0 Å². The number of hydrogen-bond acceptors (Lipinski definition) is 2. The zero-order valence-corrected chi connectivity index (χ0v) is 10.9. The third-order valence-electron chi connectivity index (χ3n) is 2.72. The molecule has 0 fully saturated rings. The molecule has 2 nitrogen and oxygen atoms in total. The fourth-order valence-electron chi connectivity index (χ4n) is 1.83. The Kier molecular flexibility index (Phi) is 6.39. The van der Waals surface area contributed by atoms with Gasteiger partial charge < -0.3 is 5.73 Å². The molecule has 0 radical (unpaired) electrons. The first-order chi connectivity index (χ1) is 8.31. The molecule has 1 aromatic rings. The predicted molar refractivity (Wildman–Crippen MR) is 73.6 cm³/mol. The summed E-state index contributed by atoms with van der Waals surface area (Å²) >= 11 is 0. The Hall–Kier alpha value is -1.30. The molecule has 0 unspecified atom stereocenters. The van der Waals surface area contributed by atoms with Crippen molar-refractivity contribution in [2.24, 2.45) is 5.73 Å². The lowest BCUT2D eigenvalue weighted by Gasteiger charge is -2.20. The van der Waals surface area contributed by atoms with Crippen molar-refractivity contribution in [2.45, 2.75) is 26.8 Å². The van der Waals surface area contributed by atoms with Gasteiger partial charge in [-0.15, -0.1) is 0 Å². The van der Waals surface area contributed by atoms with Crippen LogP contribution in [-0.2, 0) is 6.54 Å². The van der Waals surface area contributed by atoms with E-state index in [1.165, 1.54) is 12.0 Å². The third-order valence-corrected chi connectivity index (χ3v) is 2.72. The van der Waals surface area contributed by atoms with E-state index in [1.54, 1.807) is 0 Å². The van der Waals surface area contributed by atoms with E-state index in [4.69, 9.17) is 5.73 Å². The van der Waals surface area contributed by atoms with E-state index >= 15 is 0 Å². The first-order valence-electron chi connectivity index (χ1n) is 6.31. The van der Waals surface area contributed by atoms with Crippen LogP contribution in [0.25, 0.3) is 0 Å². The maximum absolute atomic E-state index is 5.42. The quantitative estimate of drug-likeness (QED) is 0.786. The van der Waals surface area contributed by atoms with Crippen LogP contribution in [-0.4, -0.2) is 24.5 Å². The molecule has 2 heteroatoms. The van der Waals surface area contributed by atoms with Crippen LogP contribution in [0.4, 0.5) is 0 Å². The molecule has 0 aliphatic heterocycles. The van der Waals surface area contributed by atoms with E-state index in [-0.39, 0.29) is 0 Å². The van der Waals surface area contributed by atoms with Gasteiger partial charge in [0.2, 0.25) is 0 Å². The smallest absolute Gasteiger partial charge is 0.0555 e. The molecule has 0 aromatic heterocycles. The fourth-order valence-corrected chi connectivity index (χ4v) is 1.83. The summed E-state index contributed by atoms with van der Waals surface area (Å²) in [5.74, 6) is 6.07. The highest BCUT2D eigenvalue weighted by Gasteiger charge is 2.05. The number of hydrogen-bond donors (Lipinski definition) is 1. The lowest BCUT2D eigenvalue weighted by molar-refractivity contribution is 0.280. The second kappa shape index (κ2) is 7.89. The summed E-state index contributed by atoms with van der Waals surface area (Å²) in [6.07, 6.45) is 1.19. The second-order valence-electron chi connectivity index (χ2n) is 4.03. The average Bonchev–Trinajstić information content (AvgIpc) is 2.37. The van der Waals surface area contributed by atoms with E-state index in [2.05, 4.69) is 48.8 Å². The van der Waals surface area contributed by atoms with Gasteiger partial charge in [0.05, 0.1) is 6.54 Å². The van der Waals surface area contributed by atoms with E-state index in [0.29, 0.717) is 6.54 Å². The molecule has 0 heterocycles. The Morgan fingerprint density at radius 1 is 1.24 bits per heavy atom. The molecule has 0 aliphatic rings. The maximum atomic E-state index is 5.42. The van der Waals surface area contributed by atoms with Crippen molar-refractivity contribution < 1.29 is 0 Å². The van der Waals surface area contributed by atoms with E-state index in [1.807, 2.05) is 6.07 Å². The average molecular weight is 230 g/mol. The van der Waals surface area contributed by atoms with Crippen molar-refractivity contribution in [2.75, 3.05) is 19.6 Å². The SMILES string of the molecule is CCCN(CC)Cc1ccccc1C#CCN. The van der Waals surface area contributed by atoms with Crippen molar-refractivity contribution in [3.8, 4) is 11.8 Å². The summed E-state index contributed by atoms with van der Waals surface area (Å²) in [7, 11) is 0. The van der Waals surface area contributed by atoms with E-state index in [0.717, 1.165) is 25.2 Å². The summed E-state index contributed by atoms with van der Waals surface area (Å²) in [5, 5.41) is 0. The van der Waals surface area contributed by atoms with Crippen LogP contribution in [0.3, 0.4) is 0 Å². The lowest BCUT2D eigenvalue weighted by atomic mass is 10.1. The van der Waals surface area contributed by atoms with Crippen LogP contribution >= 0.6 is 0 Å². The van der Waals surface area contributed by atoms with Crippen LogP contribution in [0.15, 0.2) is 24.3 Å². The Labute approximate surface area is 105 Å². The van der Waals surface area contributed by atoms with Crippen molar-refractivity contribution in [1.29, 1.82) is 0 Å². The van der Waals surface area contributed by atoms with Crippen LogP contribution < -0.4 is 5.73 Å². The molecule has 0 saturated carbocycles. The summed E-state index contributed by atoms with van der Waals surface area (Å²) in [6, 6.07) is 8.32. The molecule has 1 aromatic carbocycles. The normalized spacial score (nSPS) is 10.1. The van der Waals surface area contributed by atoms with Crippen LogP contribution in [0.2, 0.25) is 0 Å². The molecule has 0 atom stereocenters. The summed E-state index contributed by atoms with van der Waals surface area (Å²) in [6.45, 7) is 8.01. The molecule has 0 amide bonds. The van der Waals surface area contributed by atoms with Crippen molar-refractivity contribution in [3.05, 3.63) is 35.4 Å². The molecule has 2 N–H and O–H groups in total. The van der Waals surface area contributed by atoms with Gasteiger partial charge in [0.25, 0.3) is 0 Å². The molecule has 0 bridgehead atoms. The Morgan fingerprint density at radius 3 is 2.65 bits per heavy atom. The Morgan fingerprint density at radius 2 is 2.00 bits per heavy atom. The maximum Gasteiger partial charge on any atom is 0.0555 e. The molecule has 1 rings (SSSR count). The first kappa shape index (κ1) is 13.8. The number of nitrogens with two attached hydrogens (primary N) is 1. The summed E-state index contributed by atoms with van der Waals surface area (Å²) in [5.41, 5.74) is 7.82. The first-order valence-corrected chi connectivity index (χ1v) is 6.31. The van der Waals surface area contributed by atoms with Crippen LogP contribution in [0, 0.1) is 11.8 Å². The topological polar surface area (TPSA) is 29.3 Å². The van der Waals surface area contributed by atoms with Gasteiger partial charge in [0, 0.05) is 12.1 Å². The standard InChI is InChI=1S/C15H22N2/c1-3-12-17(4-2)13-15-9-6-5-8-14(15)10-7-11-16/h5-6,8-9H,3-4,11-13,16H2,1-2H3. The minimum Gasteiger partial charge on any atom is -0.320 e. The van der Waals surface area contributed by atoms with Gasteiger partial charge in [-0.1, -0.05) is 43.9 Å². The molecular weight excluding hydrogens is 208 g/mol. The van der Waals surface area contributed by atoms with Crippen LogP contribution in [0.1, 0.15) is 31.4 Å². The fraction of sp³-hybridized carbons (Fsp3) is 0.467. The van der Waals surface area contributed by atoms with Crippen molar-refractivity contribution in [1.82, 2.24) is 4.90 Å². The highest BCUT2D eigenvalue weighted by Crippen LogP contribution is 2.10. The number of benzene rings is 1.